The van der Waals surface area contributed by atoms with Gasteiger partial charge in [0.05, 0.1) is 11.1 Å². The summed E-state index contributed by atoms with van der Waals surface area (Å²) in [5.74, 6) is -0.304. The van der Waals surface area contributed by atoms with E-state index < -0.39 is 23.5 Å². The molecule has 0 aliphatic heterocycles. The summed E-state index contributed by atoms with van der Waals surface area (Å²) in [5, 5.41) is 0. The Balaban J connectivity index is 1.46. The Hall–Kier alpha value is -7.51. The zero-order valence-corrected chi connectivity index (χ0v) is 36.1. The van der Waals surface area contributed by atoms with Gasteiger partial charge >= 0.3 is 12.4 Å². The van der Waals surface area contributed by atoms with Gasteiger partial charge in [-0.05, 0) is 151 Å². The minimum absolute atomic E-state index is 0.110. The summed E-state index contributed by atoms with van der Waals surface area (Å²) in [5.41, 5.74) is 11.0. The van der Waals surface area contributed by atoms with E-state index in [1.807, 2.05) is 128 Å². The highest BCUT2D eigenvalue weighted by Crippen LogP contribution is 2.56. The Morgan fingerprint density at radius 3 is 1.15 bits per heavy atom. The van der Waals surface area contributed by atoms with Gasteiger partial charge in [-0.2, -0.15) is 26.3 Å². The summed E-state index contributed by atoms with van der Waals surface area (Å²) in [6.07, 6.45) is -9.21. The quantitative estimate of drug-likeness (QED) is 0.133. The topological polar surface area (TPSA) is 0 Å². The van der Waals surface area contributed by atoms with Crippen LogP contribution in [0.3, 0.4) is 0 Å². The van der Waals surface area contributed by atoms with Gasteiger partial charge in [0.25, 0.3) is 0 Å². The monoisotopic (exact) mass is 882 g/mol. The number of benzene rings is 9. The van der Waals surface area contributed by atoms with Crippen molar-refractivity contribution in [3.8, 4) is 89.0 Å². The summed E-state index contributed by atoms with van der Waals surface area (Å²) >= 11 is 0. The van der Waals surface area contributed by atoms with E-state index in [4.69, 9.17) is 0 Å². The molecule has 9 rings (SSSR count). The Kier molecular flexibility index (Phi) is 11.6. The fourth-order valence-electron chi connectivity index (χ4n) is 8.93. The number of halogens is 7. The summed E-state index contributed by atoms with van der Waals surface area (Å²) < 4.78 is 101. The molecular weight excluding hydrogens is 842 g/mol. The summed E-state index contributed by atoms with van der Waals surface area (Å²) in [4.78, 5) is 0. The molecule has 0 heterocycles. The van der Waals surface area contributed by atoms with Crippen LogP contribution in [0.15, 0.2) is 194 Å². The third kappa shape index (κ3) is 8.57. The van der Waals surface area contributed by atoms with Gasteiger partial charge in [0.1, 0.15) is 5.82 Å². The standard InChI is InChI=1S/C59H41F7/c1-36-12-10-17-47(32-36)56-54(43-26-22-39(23-27-43)45-30-31-51(60)38(3)33-45)52(41-13-6-4-7-14-41)53(42-15-8-5-9-16-42)55(57(56)48-18-11-19-49(34-48)58(61,62)63)44-28-24-40(25-29-44)46-21-20-37(2)50(35-46)59(64,65)66/h4-35H,1-3H3. The third-order valence-corrected chi connectivity index (χ3v) is 12.1. The highest BCUT2D eigenvalue weighted by atomic mass is 19.4. The number of hydrogen-bond donors (Lipinski definition) is 0. The van der Waals surface area contributed by atoms with E-state index in [9.17, 15) is 30.7 Å². The van der Waals surface area contributed by atoms with Crippen molar-refractivity contribution in [1.82, 2.24) is 0 Å². The molecule has 0 spiro atoms. The average Bonchev–Trinajstić information content (AvgIpc) is 3.32. The lowest BCUT2D eigenvalue weighted by atomic mass is 9.74. The molecule has 0 amide bonds. The second-order valence-corrected chi connectivity index (χ2v) is 16.6. The van der Waals surface area contributed by atoms with Crippen molar-refractivity contribution in [2.75, 3.05) is 0 Å². The first-order chi connectivity index (χ1) is 31.7. The smallest absolute Gasteiger partial charge is 0.207 e. The van der Waals surface area contributed by atoms with Gasteiger partial charge in [-0.25, -0.2) is 4.39 Å². The molecule has 9 aromatic carbocycles. The first-order valence-corrected chi connectivity index (χ1v) is 21.4. The molecule has 0 unspecified atom stereocenters. The van der Waals surface area contributed by atoms with Crippen LogP contribution in [0.5, 0.6) is 0 Å². The van der Waals surface area contributed by atoms with E-state index in [1.54, 1.807) is 43.3 Å². The molecule has 0 aliphatic carbocycles. The van der Waals surface area contributed by atoms with Crippen LogP contribution in [0.2, 0.25) is 0 Å². The van der Waals surface area contributed by atoms with E-state index in [2.05, 4.69) is 0 Å². The van der Waals surface area contributed by atoms with Crippen molar-refractivity contribution in [1.29, 1.82) is 0 Å². The molecule has 0 aromatic heterocycles. The predicted molar refractivity (Wildman–Crippen MR) is 254 cm³/mol. The molecule has 7 heteroatoms. The van der Waals surface area contributed by atoms with Gasteiger partial charge in [0, 0.05) is 0 Å². The largest absolute Gasteiger partial charge is 0.416 e. The molecule has 0 saturated carbocycles. The van der Waals surface area contributed by atoms with Gasteiger partial charge < -0.3 is 0 Å². The van der Waals surface area contributed by atoms with Crippen LogP contribution in [0.4, 0.5) is 30.7 Å². The molecule has 0 fully saturated rings. The zero-order valence-electron chi connectivity index (χ0n) is 36.1. The van der Waals surface area contributed by atoms with E-state index in [0.29, 0.717) is 44.5 Å². The Labute approximate surface area is 379 Å². The van der Waals surface area contributed by atoms with E-state index >= 15 is 0 Å². The lowest BCUT2D eigenvalue weighted by Gasteiger charge is -2.29. The van der Waals surface area contributed by atoms with Gasteiger partial charge in [0.2, 0.25) is 0 Å². The summed E-state index contributed by atoms with van der Waals surface area (Å²) in [6, 6.07) is 57.3. The fourth-order valence-corrected chi connectivity index (χ4v) is 8.93. The van der Waals surface area contributed by atoms with Gasteiger partial charge in [-0.1, -0.05) is 169 Å². The van der Waals surface area contributed by atoms with Crippen molar-refractivity contribution in [2.24, 2.45) is 0 Å². The van der Waals surface area contributed by atoms with Crippen molar-refractivity contribution < 1.29 is 30.7 Å². The van der Waals surface area contributed by atoms with Crippen LogP contribution in [0, 0.1) is 26.6 Å². The van der Waals surface area contributed by atoms with Crippen LogP contribution in [0.1, 0.15) is 27.8 Å². The molecule has 0 radical (unpaired) electrons. The van der Waals surface area contributed by atoms with E-state index in [-0.39, 0.29) is 11.4 Å². The molecule has 9 aromatic rings. The minimum atomic E-state index is -4.66. The number of alkyl halides is 6. The van der Waals surface area contributed by atoms with Crippen LogP contribution in [-0.2, 0) is 12.4 Å². The second-order valence-electron chi connectivity index (χ2n) is 16.6. The van der Waals surface area contributed by atoms with Crippen molar-refractivity contribution >= 4 is 0 Å². The lowest BCUT2D eigenvalue weighted by Crippen LogP contribution is -2.07. The molecule has 326 valence electrons. The molecular formula is C59H41F7. The molecule has 0 saturated heterocycles. The highest BCUT2D eigenvalue weighted by molar-refractivity contribution is 6.15. The highest BCUT2D eigenvalue weighted by Gasteiger charge is 2.34. The van der Waals surface area contributed by atoms with Crippen molar-refractivity contribution in [2.45, 2.75) is 33.1 Å². The Bertz CT molecular complexity index is 3220. The SMILES string of the molecule is Cc1cccc(-c2c(-c3ccc(-c4ccc(F)c(C)c4)cc3)c(-c3ccccc3)c(-c3ccccc3)c(-c3ccc(-c4ccc(C)c(C(F)(F)F)c4)cc3)c2-c2cccc(C(F)(F)F)c2)c1. The van der Waals surface area contributed by atoms with Gasteiger partial charge in [0.15, 0.2) is 0 Å². The molecule has 0 nitrogen and oxygen atoms in total. The molecule has 0 atom stereocenters. The van der Waals surface area contributed by atoms with Crippen LogP contribution < -0.4 is 0 Å². The maximum Gasteiger partial charge on any atom is 0.416 e. The molecule has 66 heavy (non-hydrogen) atoms. The number of rotatable bonds is 8. The molecule has 0 N–H and O–H groups in total. The average molecular weight is 883 g/mol. The van der Waals surface area contributed by atoms with Gasteiger partial charge in [-0.3, -0.25) is 0 Å². The van der Waals surface area contributed by atoms with Crippen LogP contribution in [-0.4, -0.2) is 0 Å². The first-order valence-electron chi connectivity index (χ1n) is 21.4. The molecule has 0 bridgehead atoms. The van der Waals surface area contributed by atoms with E-state index in [1.165, 1.54) is 31.2 Å². The summed E-state index contributed by atoms with van der Waals surface area (Å²) in [7, 11) is 0. The lowest BCUT2D eigenvalue weighted by molar-refractivity contribution is -0.138. The summed E-state index contributed by atoms with van der Waals surface area (Å²) in [6.45, 7) is 5.11. The van der Waals surface area contributed by atoms with Crippen LogP contribution >= 0.6 is 0 Å². The number of hydrogen-bond acceptors (Lipinski definition) is 0. The normalized spacial score (nSPS) is 11.8. The van der Waals surface area contributed by atoms with Crippen molar-refractivity contribution in [3.05, 3.63) is 228 Å². The maximum atomic E-state index is 14.8. The Morgan fingerprint density at radius 1 is 0.288 bits per heavy atom. The van der Waals surface area contributed by atoms with Crippen molar-refractivity contribution in [3.63, 3.8) is 0 Å². The van der Waals surface area contributed by atoms with Crippen LogP contribution in [0.25, 0.3) is 89.0 Å². The zero-order chi connectivity index (χ0) is 46.3. The van der Waals surface area contributed by atoms with E-state index in [0.717, 1.165) is 67.8 Å². The van der Waals surface area contributed by atoms with Gasteiger partial charge in [-0.15, -0.1) is 0 Å². The fraction of sp³-hybridized carbons (Fsp3) is 0.0847. The first kappa shape index (κ1) is 43.7. The third-order valence-electron chi connectivity index (χ3n) is 12.1. The minimum Gasteiger partial charge on any atom is -0.207 e. The second kappa shape index (κ2) is 17.5. The molecule has 0 aliphatic rings. The number of aryl methyl sites for hydroxylation is 3. The Morgan fingerprint density at radius 2 is 0.682 bits per heavy atom. The maximum absolute atomic E-state index is 14.8. The predicted octanol–water partition coefficient (Wildman–Crippen LogP) is 18.1.